The largest absolute Gasteiger partial charge is 0.354 e. The van der Waals surface area contributed by atoms with Crippen LogP contribution in [0.1, 0.15) is 46.0 Å². The van der Waals surface area contributed by atoms with Crippen molar-refractivity contribution in [3.63, 3.8) is 0 Å². The lowest BCUT2D eigenvalue weighted by Gasteiger charge is -2.43. The Bertz CT molecular complexity index is 434. The summed E-state index contributed by atoms with van der Waals surface area (Å²) < 4.78 is 22.1. The van der Waals surface area contributed by atoms with Gasteiger partial charge in [0.15, 0.2) is 0 Å². The van der Waals surface area contributed by atoms with Crippen LogP contribution in [-0.4, -0.2) is 38.9 Å². The molecule has 1 fully saturated rings. The number of halogens is 1. The zero-order chi connectivity index (χ0) is 15.4. The second-order valence-corrected chi connectivity index (χ2v) is 8.95. The van der Waals surface area contributed by atoms with Gasteiger partial charge in [-0.1, -0.05) is 20.3 Å². The van der Waals surface area contributed by atoms with Gasteiger partial charge in [-0.25, -0.2) is 8.42 Å². The minimum Gasteiger partial charge on any atom is -0.354 e. The van der Waals surface area contributed by atoms with Crippen molar-refractivity contribution in [1.82, 2.24) is 5.32 Å². The van der Waals surface area contributed by atoms with Crippen LogP contribution in [0.25, 0.3) is 0 Å². The van der Waals surface area contributed by atoms with Crippen molar-refractivity contribution in [2.24, 2.45) is 17.1 Å². The number of hydrogen-bond donors (Lipinski definition) is 2. The molecule has 1 aliphatic rings. The molecule has 0 spiro atoms. The number of nitrogens with two attached hydrogens (primary N) is 1. The quantitative estimate of drug-likeness (QED) is 0.700. The van der Waals surface area contributed by atoms with Crippen LogP contribution in [0.4, 0.5) is 0 Å². The number of nitrogens with one attached hydrogen (secondary N) is 1. The third-order valence-corrected chi connectivity index (χ3v) is 5.01. The molecule has 3 N–H and O–H groups in total. The van der Waals surface area contributed by atoms with E-state index in [1.807, 2.05) is 0 Å². The normalized spacial score (nSPS) is 18.5. The predicted octanol–water partition coefficient (Wildman–Crippen LogP) is 1.50. The van der Waals surface area contributed by atoms with Crippen LogP contribution < -0.4 is 11.1 Å². The lowest BCUT2D eigenvalue weighted by Crippen LogP contribution is -2.48. The molecule has 1 rings (SSSR count). The summed E-state index contributed by atoms with van der Waals surface area (Å²) in [5, 5.41) is 2.91. The average Bonchev–Trinajstić information content (AvgIpc) is 2.27. The molecule has 1 unspecified atom stereocenters. The Morgan fingerprint density at radius 1 is 1.33 bits per heavy atom. The summed E-state index contributed by atoms with van der Waals surface area (Å²) >= 11 is 0. The Morgan fingerprint density at radius 3 is 2.29 bits per heavy atom. The highest BCUT2D eigenvalue weighted by molar-refractivity contribution is 7.90. The third-order valence-electron chi connectivity index (χ3n) is 4.03. The summed E-state index contributed by atoms with van der Waals surface area (Å²) in [5.41, 5.74) is 5.97. The van der Waals surface area contributed by atoms with Crippen molar-refractivity contribution in [3.05, 3.63) is 0 Å². The van der Waals surface area contributed by atoms with Gasteiger partial charge in [0.1, 0.15) is 9.84 Å². The van der Waals surface area contributed by atoms with E-state index in [0.29, 0.717) is 12.5 Å². The van der Waals surface area contributed by atoms with E-state index >= 15 is 0 Å². The van der Waals surface area contributed by atoms with E-state index in [0.717, 1.165) is 25.5 Å². The molecule has 0 radical (unpaired) electrons. The van der Waals surface area contributed by atoms with Gasteiger partial charge < -0.3 is 11.1 Å². The SMILES string of the molecule is CC(C)CC1(CNC(=O)C(N)CCS(C)(=O)=O)CCC1.Cl. The number of carbonyl (C=O) groups is 1. The van der Waals surface area contributed by atoms with E-state index in [4.69, 9.17) is 5.73 Å². The molecule has 1 amide bonds. The molecule has 0 aromatic heterocycles. The van der Waals surface area contributed by atoms with Crippen molar-refractivity contribution in [2.75, 3.05) is 18.6 Å². The number of carbonyl (C=O) groups excluding carboxylic acids is 1. The zero-order valence-corrected chi connectivity index (χ0v) is 14.9. The number of rotatable bonds is 8. The summed E-state index contributed by atoms with van der Waals surface area (Å²) in [5.74, 6) is 0.341. The molecule has 1 atom stereocenters. The monoisotopic (exact) mass is 340 g/mol. The Morgan fingerprint density at radius 2 is 1.90 bits per heavy atom. The first-order valence-corrected chi connectivity index (χ1v) is 9.41. The maximum Gasteiger partial charge on any atom is 0.236 e. The summed E-state index contributed by atoms with van der Waals surface area (Å²) in [4.78, 5) is 11.9. The lowest BCUT2D eigenvalue weighted by molar-refractivity contribution is -0.123. The van der Waals surface area contributed by atoms with Crippen LogP contribution in [0, 0.1) is 11.3 Å². The molecular weight excluding hydrogens is 312 g/mol. The maximum atomic E-state index is 11.9. The molecule has 0 saturated heterocycles. The number of sulfone groups is 1. The van der Waals surface area contributed by atoms with Crippen LogP contribution >= 0.6 is 12.4 Å². The first kappa shape index (κ1) is 20.7. The molecule has 7 heteroatoms. The highest BCUT2D eigenvalue weighted by Gasteiger charge is 2.37. The molecule has 1 aliphatic carbocycles. The van der Waals surface area contributed by atoms with Gasteiger partial charge in [-0.05, 0) is 37.0 Å². The molecule has 21 heavy (non-hydrogen) atoms. The maximum absolute atomic E-state index is 11.9. The first-order valence-electron chi connectivity index (χ1n) is 7.35. The standard InChI is InChI=1S/C14H28N2O3S.ClH/c1-11(2)9-14(6-4-7-14)10-16-13(17)12(15)5-8-20(3,18)19;/h11-12H,4-10,15H2,1-3H3,(H,16,17);1H. The van der Waals surface area contributed by atoms with E-state index in [9.17, 15) is 13.2 Å². The van der Waals surface area contributed by atoms with Gasteiger partial charge in [-0.3, -0.25) is 4.79 Å². The third kappa shape index (κ3) is 7.47. The average molecular weight is 341 g/mol. The Kier molecular flexibility index (Phi) is 8.21. The fourth-order valence-electron chi connectivity index (χ4n) is 2.87. The molecular formula is C14H29ClN2O3S. The minimum atomic E-state index is -3.07. The number of amides is 1. The molecule has 0 aromatic rings. The molecule has 0 aliphatic heterocycles. The fraction of sp³-hybridized carbons (Fsp3) is 0.929. The van der Waals surface area contributed by atoms with Crippen LogP contribution in [0.3, 0.4) is 0 Å². The highest BCUT2D eigenvalue weighted by Crippen LogP contribution is 2.45. The zero-order valence-electron chi connectivity index (χ0n) is 13.2. The fourth-order valence-corrected chi connectivity index (χ4v) is 3.56. The smallest absolute Gasteiger partial charge is 0.236 e. The second kappa shape index (κ2) is 8.34. The molecule has 5 nitrogen and oxygen atoms in total. The van der Waals surface area contributed by atoms with Crippen molar-refractivity contribution >= 4 is 28.2 Å². The topological polar surface area (TPSA) is 89.3 Å². The van der Waals surface area contributed by atoms with Gasteiger partial charge in [0.25, 0.3) is 0 Å². The van der Waals surface area contributed by atoms with Crippen LogP contribution in [-0.2, 0) is 14.6 Å². The summed E-state index contributed by atoms with van der Waals surface area (Å²) in [6.45, 7) is 5.05. The number of hydrogen-bond acceptors (Lipinski definition) is 4. The van der Waals surface area contributed by atoms with E-state index in [1.54, 1.807) is 0 Å². The van der Waals surface area contributed by atoms with Gasteiger partial charge in [0.2, 0.25) is 5.91 Å². The summed E-state index contributed by atoms with van der Waals surface area (Å²) in [7, 11) is -3.07. The second-order valence-electron chi connectivity index (χ2n) is 6.69. The molecule has 0 heterocycles. The van der Waals surface area contributed by atoms with Crippen molar-refractivity contribution in [3.8, 4) is 0 Å². The van der Waals surface area contributed by atoms with Crippen molar-refractivity contribution in [1.29, 1.82) is 0 Å². The Labute approximate surface area is 134 Å². The minimum absolute atomic E-state index is 0. The summed E-state index contributed by atoms with van der Waals surface area (Å²) in [6, 6.07) is -0.735. The Balaban J connectivity index is 0.00000400. The summed E-state index contributed by atoms with van der Waals surface area (Å²) in [6.07, 6.45) is 5.99. The highest BCUT2D eigenvalue weighted by atomic mass is 35.5. The lowest BCUT2D eigenvalue weighted by atomic mass is 9.64. The van der Waals surface area contributed by atoms with Gasteiger partial charge in [0, 0.05) is 12.8 Å². The van der Waals surface area contributed by atoms with Crippen molar-refractivity contribution in [2.45, 2.75) is 52.0 Å². The molecule has 126 valence electrons. The van der Waals surface area contributed by atoms with Crippen LogP contribution in [0.15, 0.2) is 0 Å². The van der Waals surface area contributed by atoms with Crippen molar-refractivity contribution < 1.29 is 13.2 Å². The van der Waals surface area contributed by atoms with E-state index < -0.39 is 15.9 Å². The Hall–Kier alpha value is -0.330. The predicted molar refractivity (Wildman–Crippen MR) is 88.3 cm³/mol. The first-order chi connectivity index (χ1) is 9.14. The van der Waals surface area contributed by atoms with Gasteiger partial charge in [-0.15, -0.1) is 12.4 Å². The van der Waals surface area contributed by atoms with Crippen LogP contribution in [0.5, 0.6) is 0 Å². The van der Waals surface area contributed by atoms with Crippen LogP contribution in [0.2, 0.25) is 0 Å². The molecule has 0 aromatic carbocycles. The van der Waals surface area contributed by atoms with Gasteiger partial charge in [-0.2, -0.15) is 0 Å². The van der Waals surface area contributed by atoms with E-state index in [2.05, 4.69) is 19.2 Å². The van der Waals surface area contributed by atoms with Gasteiger partial charge >= 0.3 is 0 Å². The molecule has 0 bridgehead atoms. The molecule has 1 saturated carbocycles. The van der Waals surface area contributed by atoms with E-state index in [-0.39, 0.29) is 35.9 Å². The van der Waals surface area contributed by atoms with E-state index in [1.165, 1.54) is 6.42 Å². The van der Waals surface area contributed by atoms with Gasteiger partial charge in [0.05, 0.1) is 11.8 Å².